The molecule has 8 nitrogen and oxygen atoms in total. The lowest BCUT2D eigenvalue weighted by Crippen LogP contribution is -2.78. The third kappa shape index (κ3) is 4.97. The summed E-state index contributed by atoms with van der Waals surface area (Å²) in [5.74, 6) is 0.268. The molecule has 3 heterocycles. The van der Waals surface area contributed by atoms with Crippen molar-refractivity contribution in [2.24, 2.45) is 29.4 Å². The molecule has 4 aliphatic rings. The monoisotopic (exact) mass is 498 g/mol. The maximum atomic E-state index is 14.3. The number of carbonyl (C=O) groups excluding carboxylic acids is 3. The predicted molar refractivity (Wildman–Crippen MR) is 138 cm³/mol. The van der Waals surface area contributed by atoms with Crippen LogP contribution in [0.4, 0.5) is 4.79 Å². The van der Waals surface area contributed by atoms with Gasteiger partial charge in [-0.05, 0) is 56.9 Å². The number of hydrogen-bond acceptors (Lipinski definition) is 5. The van der Waals surface area contributed by atoms with Gasteiger partial charge in [0.1, 0.15) is 11.1 Å². The molecule has 5 atom stereocenters. The van der Waals surface area contributed by atoms with Crippen LogP contribution in [0.1, 0.15) is 59.4 Å². The number of ether oxygens (including phenoxy) is 1. The molecular formula is C28H42N4O4. The number of amides is 3. The quantitative estimate of drug-likeness (QED) is 0.573. The van der Waals surface area contributed by atoms with E-state index in [0.717, 1.165) is 25.1 Å². The summed E-state index contributed by atoms with van der Waals surface area (Å²) in [5, 5.41) is 3.19. The average Bonchev–Trinajstić information content (AvgIpc) is 3.04. The molecule has 8 heteroatoms. The van der Waals surface area contributed by atoms with E-state index in [2.05, 4.69) is 24.1 Å². The van der Waals surface area contributed by atoms with Crippen LogP contribution in [0.5, 0.6) is 0 Å². The number of fused-ring (bicyclic) bond motifs is 1. The first kappa shape index (κ1) is 26.5. The van der Waals surface area contributed by atoms with Gasteiger partial charge in [0.25, 0.3) is 0 Å². The minimum Gasteiger partial charge on any atom is -0.444 e. The molecule has 3 amide bonds. The van der Waals surface area contributed by atoms with Crippen LogP contribution in [-0.4, -0.2) is 64.5 Å². The number of benzene rings is 1. The van der Waals surface area contributed by atoms with E-state index < -0.39 is 17.2 Å². The van der Waals surface area contributed by atoms with Crippen molar-refractivity contribution in [3.63, 3.8) is 0 Å². The van der Waals surface area contributed by atoms with Crippen molar-refractivity contribution in [2.45, 2.75) is 77.6 Å². The SMILES string of the molecule is CC(C)CN1C[C@@H]2C[C@H]3CN(C(=O)OC(C)(C)C)[C@]2(C(=O)NCc2ccccc2)[C@@H]1[C@@H]3CCC(N)=O. The number of nitrogens with two attached hydrogens (primary N) is 1. The molecular weight excluding hydrogens is 456 g/mol. The standard InChI is InChI=1S/C28H42N4O4/c1-18(2)15-31-17-21-13-20-16-32(26(35)36-27(3,4)5)28(21,24(31)22(20)11-12-23(29)33)25(34)30-14-19-9-7-6-8-10-19/h6-10,18,20-22,24H,11-17H2,1-5H3,(H2,29,33)(H,30,34)/t20-,21-,22+,24-,28-/m0/s1. The fraction of sp³-hybridized carbons (Fsp3) is 0.679. The van der Waals surface area contributed by atoms with Gasteiger partial charge < -0.3 is 15.8 Å². The van der Waals surface area contributed by atoms with E-state index in [9.17, 15) is 14.4 Å². The Kier molecular flexibility index (Phi) is 7.37. The van der Waals surface area contributed by atoms with E-state index in [1.807, 2.05) is 51.1 Å². The normalized spacial score (nSPS) is 29.4. The van der Waals surface area contributed by atoms with Gasteiger partial charge in [-0.1, -0.05) is 44.2 Å². The summed E-state index contributed by atoms with van der Waals surface area (Å²) in [7, 11) is 0. The van der Waals surface area contributed by atoms with Crippen molar-refractivity contribution in [2.75, 3.05) is 19.6 Å². The van der Waals surface area contributed by atoms with E-state index in [0.29, 0.717) is 25.4 Å². The molecule has 1 aromatic rings. The Morgan fingerprint density at radius 2 is 1.86 bits per heavy atom. The van der Waals surface area contributed by atoms with Crippen LogP contribution in [0.15, 0.2) is 30.3 Å². The third-order valence-corrected chi connectivity index (χ3v) is 7.98. The first-order valence-electron chi connectivity index (χ1n) is 13.3. The number of likely N-dealkylation sites (tertiary alicyclic amines) is 1. The van der Waals surface area contributed by atoms with Crippen molar-refractivity contribution < 1.29 is 19.1 Å². The number of rotatable bonds is 8. The fourth-order valence-electron chi connectivity index (χ4n) is 6.94. The van der Waals surface area contributed by atoms with Crippen LogP contribution in [0.3, 0.4) is 0 Å². The Bertz CT molecular complexity index is 976. The highest BCUT2D eigenvalue weighted by molar-refractivity contribution is 5.93. The van der Waals surface area contributed by atoms with Gasteiger partial charge in [-0.15, -0.1) is 0 Å². The van der Waals surface area contributed by atoms with Gasteiger partial charge in [0.05, 0.1) is 0 Å². The second kappa shape index (κ2) is 10.0. The number of nitrogens with one attached hydrogen (secondary N) is 1. The third-order valence-electron chi connectivity index (χ3n) is 7.98. The van der Waals surface area contributed by atoms with E-state index in [4.69, 9.17) is 10.5 Å². The maximum Gasteiger partial charge on any atom is 0.411 e. The molecule has 0 spiro atoms. The molecule has 0 radical (unpaired) electrons. The number of carbonyl (C=O) groups is 3. The van der Waals surface area contributed by atoms with Crippen LogP contribution in [0.25, 0.3) is 0 Å². The van der Waals surface area contributed by atoms with Crippen molar-refractivity contribution in [3.8, 4) is 0 Å². The van der Waals surface area contributed by atoms with Gasteiger partial charge in [0.2, 0.25) is 11.8 Å². The molecule has 0 unspecified atom stereocenters. The Morgan fingerprint density at radius 1 is 1.17 bits per heavy atom. The molecule has 4 bridgehead atoms. The Balaban J connectivity index is 1.74. The Hall–Kier alpha value is -2.61. The second-order valence-electron chi connectivity index (χ2n) is 12.2. The van der Waals surface area contributed by atoms with Crippen molar-refractivity contribution in [3.05, 3.63) is 35.9 Å². The molecule has 36 heavy (non-hydrogen) atoms. The summed E-state index contributed by atoms with van der Waals surface area (Å²) in [6.45, 7) is 12.3. The zero-order valence-electron chi connectivity index (χ0n) is 22.3. The maximum absolute atomic E-state index is 14.3. The van der Waals surface area contributed by atoms with Crippen LogP contribution in [0.2, 0.25) is 0 Å². The predicted octanol–water partition coefficient (Wildman–Crippen LogP) is 3.15. The molecule has 0 aromatic heterocycles. The number of hydrogen-bond donors (Lipinski definition) is 2. The van der Waals surface area contributed by atoms with Gasteiger partial charge in [0, 0.05) is 44.6 Å². The summed E-state index contributed by atoms with van der Waals surface area (Å²) < 4.78 is 5.86. The highest BCUT2D eigenvalue weighted by Crippen LogP contribution is 2.57. The van der Waals surface area contributed by atoms with E-state index in [-0.39, 0.29) is 42.0 Å². The topological polar surface area (TPSA) is 105 Å². The fourth-order valence-corrected chi connectivity index (χ4v) is 6.94. The smallest absolute Gasteiger partial charge is 0.411 e. The summed E-state index contributed by atoms with van der Waals surface area (Å²) in [6, 6.07) is 9.64. The lowest BCUT2D eigenvalue weighted by molar-refractivity contribution is -0.158. The van der Waals surface area contributed by atoms with Crippen molar-refractivity contribution in [1.29, 1.82) is 0 Å². The molecule has 1 aromatic carbocycles. The number of nitrogens with zero attached hydrogens (tertiary/aromatic N) is 2. The summed E-state index contributed by atoms with van der Waals surface area (Å²) in [6.07, 6.45) is 1.33. The van der Waals surface area contributed by atoms with Crippen LogP contribution < -0.4 is 11.1 Å². The molecule has 1 aliphatic carbocycles. The summed E-state index contributed by atoms with van der Waals surface area (Å²) in [5.41, 5.74) is 4.85. The minimum absolute atomic E-state index is 0.00752. The van der Waals surface area contributed by atoms with Gasteiger partial charge in [-0.3, -0.25) is 19.4 Å². The number of primary amides is 1. The largest absolute Gasteiger partial charge is 0.444 e. The van der Waals surface area contributed by atoms with Gasteiger partial charge in [0.15, 0.2) is 0 Å². The zero-order valence-corrected chi connectivity index (χ0v) is 22.3. The minimum atomic E-state index is -1.04. The zero-order chi connectivity index (χ0) is 26.3. The van der Waals surface area contributed by atoms with Crippen LogP contribution in [0, 0.1) is 23.7 Å². The highest BCUT2D eigenvalue weighted by atomic mass is 16.6. The van der Waals surface area contributed by atoms with Gasteiger partial charge >= 0.3 is 6.09 Å². The lowest BCUT2D eigenvalue weighted by atomic mass is 9.57. The van der Waals surface area contributed by atoms with Crippen LogP contribution in [-0.2, 0) is 20.9 Å². The molecule has 3 aliphatic heterocycles. The number of piperidine rings is 2. The molecule has 5 rings (SSSR count). The van der Waals surface area contributed by atoms with Crippen LogP contribution >= 0.6 is 0 Å². The average molecular weight is 499 g/mol. The summed E-state index contributed by atoms with van der Waals surface area (Å²) in [4.78, 5) is 43.9. The van der Waals surface area contributed by atoms with E-state index in [1.165, 1.54) is 0 Å². The first-order chi connectivity index (χ1) is 16.9. The van der Waals surface area contributed by atoms with E-state index >= 15 is 0 Å². The first-order valence-corrected chi connectivity index (χ1v) is 13.3. The Labute approximate surface area is 214 Å². The molecule has 3 N–H and O–H groups in total. The Morgan fingerprint density at radius 3 is 2.47 bits per heavy atom. The molecule has 3 saturated heterocycles. The van der Waals surface area contributed by atoms with Gasteiger partial charge in [-0.2, -0.15) is 0 Å². The van der Waals surface area contributed by atoms with Crippen molar-refractivity contribution in [1.82, 2.24) is 15.1 Å². The summed E-state index contributed by atoms with van der Waals surface area (Å²) >= 11 is 0. The van der Waals surface area contributed by atoms with Crippen molar-refractivity contribution >= 4 is 17.9 Å². The lowest BCUT2D eigenvalue weighted by Gasteiger charge is -2.60. The van der Waals surface area contributed by atoms with E-state index in [1.54, 1.807) is 4.90 Å². The second-order valence-corrected chi connectivity index (χ2v) is 12.2. The molecule has 1 saturated carbocycles. The highest BCUT2D eigenvalue weighted by Gasteiger charge is 2.72. The molecule has 198 valence electrons. The van der Waals surface area contributed by atoms with Gasteiger partial charge in [-0.25, -0.2) is 4.79 Å². The molecule has 4 fully saturated rings.